The highest BCUT2D eigenvalue weighted by molar-refractivity contribution is 5.86. The minimum Gasteiger partial charge on any atom is -0.399 e. The summed E-state index contributed by atoms with van der Waals surface area (Å²) >= 11 is 0. The number of hydrogen-bond acceptors (Lipinski definition) is 4. The van der Waals surface area contributed by atoms with Gasteiger partial charge in [-0.3, -0.25) is 9.63 Å². The summed E-state index contributed by atoms with van der Waals surface area (Å²) in [6, 6.07) is 9.54. The number of carbonyl (C=O) groups is 1. The third kappa shape index (κ3) is 4.80. The van der Waals surface area contributed by atoms with Crippen LogP contribution < -0.4 is 0 Å². The monoisotopic (exact) mass is 248 g/mol. The van der Waals surface area contributed by atoms with E-state index in [4.69, 9.17) is 4.84 Å². The molecule has 0 N–H and O–H groups in total. The summed E-state index contributed by atoms with van der Waals surface area (Å²) in [7, 11) is 1.44. The highest BCUT2D eigenvalue weighted by Crippen LogP contribution is 2.05. The van der Waals surface area contributed by atoms with Gasteiger partial charge in [0.2, 0.25) is 0 Å². The highest BCUT2D eigenvalue weighted by atomic mass is 16.7. The molecule has 0 spiro atoms. The second-order valence-corrected chi connectivity index (χ2v) is 3.33. The van der Waals surface area contributed by atoms with Gasteiger partial charge in [-0.25, -0.2) is 5.06 Å². The molecule has 0 atom stereocenters. The van der Waals surface area contributed by atoms with E-state index in [2.05, 4.69) is 16.6 Å². The Morgan fingerprint density at radius 3 is 2.78 bits per heavy atom. The van der Waals surface area contributed by atoms with Crippen LogP contribution in [0.25, 0.3) is 0 Å². The zero-order valence-corrected chi connectivity index (χ0v) is 10.3. The van der Waals surface area contributed by atoms with Gasteiger partial charge in [-0.2, -0.15) is 0 Å². The fourth-order valence-corrected chi connectivity index (χ4v) is 1.27. The number of benzene rings is 1. The fourth-order valence-electron chi connectivity index (χ4n) is 1.27. The van der Waals surface area contributed by atoms with Crippen LogP contribution >= 0.6 is 0 Å². The Hall–Kier alpha value is -2.14. The summed E-state index contributed by atoms with van der Waals surface area (Å²) in [5.74, 6) is -0.301. The van der Waals surface area contributed by atoms with Crippen LogP contribution in [0.2, 0.25) is 0 Å². The van der Waals surface area contributed by atoms with Crippen LogP contribution in [0.5, 0.6) is 0 Å². The van der Waals surface area contributed by atoms with Gasteiger partial charge in [-0.05, 0) is 11.6 Å². The summed E-state index contributed by atoms with van der Waals surface area (Å²) < 4.78 is 0. The summed E-state index contributed by atoms with van der Waals surface area (Å²) in [5.41, 5.74) is 0.969. The summed E-state index contributed by atoms with van der Waals surface area (Å²) in [4.78, 5) is 21.4. The lowest BCUT2D eigenvalue weighted by molar-refractivity contribution is -0.178. The number of nitrogens with zero attached hydrogens (tertiary/aromatic N) is 2. The van der Waals surface area contributed by atoms with Crippen molar-refractivity contribution in [2.24, 2.45) is 5.16 Å². The lowest BCUT2D eigenvalue weighted by Gasteiger charge is -2.19. The van der Waals surface area contributed by atoms with Crippen molar-refractivity contribution in [3.63, 3.8) is 0 Å². The Morgan fingerprint density at radius 2 is 2.17 bits per heavy atom. The van der Waals surface area contributed by atoms with Crippen molar-refractivity contribution in [2.45, 2.75) is 6.54 Å². The van der Waals surface area contributed by atoms with Gasteiger partial charge in [0.25, 0.3) is 5.91 Å². The van der Waals surface area contributed by atoms with Gasteiger partial charge >= 0.3 is 0 Å². The average Bonchev–Trinajstić information content (AvgIpc) is 2.42. The van der Waals surface area contributed by atoms with Gasteiger partial charge in [0.05, 0.1) is 12.8 Å². The van der Waals surface area contributed by atoms with Gasteiger partial charge < -0.3 is 4.84 Å². The normalized spacial score (nSPS) is 10.3. The predicted molar refractivity (Wildman–Crippen MR) is 68.6 cm³/mol. The van der Waals surface area contributed by atoms with Gasteiger partial charge in [-0.1, -0.05) is 42.1 Å². The van der Waals surface area contributed by atoms with Crippen LogP contribution in [0.15, 0.2) is 48.1 Å². The Kier molecular flexibility index (Phi) is 6.21. The maximum atomic E-state index is 11.6. The molecule has 1 aromatic carbocycles. The van der Waals surface area contributed by atoms with Crippen LogP contribution in [-0.2, 0) is 21.0 Å². The van der Waals surface area contributed by atoms with E-state index in [9.17, 15) is 4.79 Å². The Labute approximate surface area is 106 Å². The molecule has 0 heterocycles. The quantitative estimate of drug-likeness (QED) is 0.420. The maximum absolute atomic E-state index is 11.6. The predicted octanol–water partition coefficient (Wildman–Crippen LogP) is 1.77. The first kappa shape index (κ1) is 13.9. The Morgan fingerprint density at radius 1 is 1.44 bits per heavy atom. The fraction of sp³-hybridized carbons (Fsp3) is 0.231. The van der Waals surface area contributed by atoms with Gasteiger partial charge in [0.1, 0.15) is 13.7 Å². The van der Waals surface area contributed by atoms with E-state index >= 15 is 0 Å². The maximum Gasteiger partial charge on any atom is 0.269 e. The van der Waals surface area contributed by atoms with E-state index < -0.39 is 0 Å². The van der Waals surface area contributed by atoms with Crippen LogP contribution in [0.3, 0.4) is 0 Å². The SMILES string of the molecule is C=CC(=O)N(Cc1ccccc1)OC/C=N/OC. The molecule has 1 aromatic rings. The van der Waals surface area contributed by atoms with E-state index in [0.29, 0.717) is 6.54 Å². The van der Waals surface area contributed by atoms with Gasteiger partial charge in [0.15, 0.2) is 0 Å². The van der Waals surface area contributed by atoms with Gasteiger partial charge in [0, 0.05) is 0 Å². The molecule has 0 bridgehead atoms. The Balaban J connectivity index is 2.58. The zero-order chi connectivity index (χ0) is 13.2. The first-order valence-electron chi connectivity index (χ1n) is 5.43. The molecule has 0 saturated heterocycles. The standard InChI is InChI=1S/C13H16N2O3/c1-3-13(16)15(18-10-9-14-17-2)11-12-7-5-4-6-8-12/h3-9H,1,10-11H2,2H3/b14-9+. The van der Waals surface area contributed by atoms with Crippen molar-refractivity contribution in [2.75, 3.05) is 13.7 Å². The molecular formula is C13H16N2O3. The minimum atomic E-state index is -0.301. The molecule has 0 aliphatic carbocycles. The van der Waals surface area contributed by atoms with Crippen molar-refractivity contribution in [3.05, 3.63) is 48.6 Å². The average molecular weight is 248 g/mol. The first-order chi connectivity index (χ1) is 8.77. The van der Waals surface area contributed by atoms with E-state index in [0.717, 1.165) is 5.56 Å². The van der Waals surface area contributed by atoms with Gasteiger partial charge in [-0.15, -0.1) is 0 Å². The number of amides is 1. The van der Waals surface area contributed by atoms with Crippen molar-refractivity contribution in [1.82, 2.24) is 5.06 Å². The first-order valence-corrected chi connectivity index (χ1v) is 5.43. The number of oxime groups is 1. The zero-order valence-electron chi connectivity index (χ0n) is 10.3. The smallest absolute Gasteiger partial charge is 0.269 e. The van der Waals surface area contributed by atoms with Crippen molar-refractivity contribution >= 4 is 12.1 Å². The molecule has 0 fully saturated rings. The molecule has 0 aliphatic rings. The van der Waals surface area contributed by atoms with E-state index in [1.807, 2.05) is 30.3 Å². The van der Waals surface area contributed by atoms with Crippen molar-refractivity contribution in [1.29, 1.82) is 0 Å². The van der Waals surface area contributed by atoms with Crippen molar-refractivity contribution < 1.29 is 14.5 Å². The molecule has 96 valence electrons. The van der Waals surface area contributed by atoms with Crippen molar-refractivity contribution in [3.8, 4) is 0 Å². The minimum absolute atomic E-state index is 0.153. The lowest BCUT2D eigenvalue weighted by atomic mass is 10.2. The number of carbonyl (C=O) groups excluding carboxylic acids is 1. The molecule has 1 amide bonds. The molecule has 5 heteroatoms. The summed E-state index contributed by atoms with van der Waals surface area (Å²) in [6.45, 7) is 3.94. The second kappa shape index (κ2) is 8.03. The van der Waals surface area contributed by atoms with Crippen LogP contribution in [0.1, 0.15) is 5.56 Å². The van der Waals surface area contributed by atoms with Crippen LogP contribution in [0.4, 0.5) is 0 Å². The number of rotatable bonds is 7. The molecule has 0 unspecified atom stereocenters. The molecular weight excluding hydrogens is 232 g/mol. The molecule has 1 rings (SSSR count). The second-order valence-electron chi connectivity index (χ2n) is 3.33. The summed E-state index contributed by atoms with van der Waals surface area (Å²) in [5, 5.41) is 4.75. The van der Waals surface area contributed by atoms with E-state index in [-0.39, 0.29) is 12.5 Å². The molecule has 0 radical (unpaired) electrons. The van der Waals surface area contributed by atoms with E-state index in [1.54, 1.807) is 0 Å². The molecule has 0 aromatic heterocycles. The Bertz CT molecular complexity index is 404. The number of hydrogen-bond donors (Lipinski definition) is 0. The third-order valence-corrected chi connectivity index (χ3v) is 2.07. The van der Waals surface area contributed by atoms with Crippen LogP contribution in [0, 0.1) is 0 Å². The molecule has 0 saturated carbocycles. The molecule has 18 heavy (non-hydrogen) atoms. The highest BCUT2D eigenvalue weighted by Gasteiger charge is 2.11. The number of hydroxylamine groups is 2. The largest absolute Gasteiger partial charge is 0.399 e. The molecule has 5 nitrogen and oxygen atoms in total. The van der Waals surface area contributed by atoms with Crippen LogP contribution in [-0.4, -0.2) is 30.9 Å². The lowest BCUT2D eigenvalue weighted by Crippen LogP contribution is -2.29. The topological polar surface area (TPSA) is 51.1 Å². The third-order valence-electron chi connectivity index (χ3n) is 2.07. The van der Waals surface area contributed by atoms with E-state index in [1.165, 1.54) is 24.5 Å². The summed E-state index contributed by atoms with van der Waals surface area (Å²) in [6.07, 6.45) is 2.63. The molecule has 0 aliphatic heterocycles.